The molecule has 0 saturated carbocycles. The Morgan fingerprint density at radius 2 is 1.91 bits per heavy atom. The topological polar surface area (TPSA) is 30.3 Å². The van der Waals surface area contributed by atoms with Crippen LogP contribution in [0.25, 0.3) is 11.0 Å². The highest BCUT2D eigenvalue weighted by molar-refractivity contribution is 5.78. The number of anilines is 1. The van der Waals surface area contributed by atoms with Gasteiger partial charge in [-0.25, -0.2) is 9.37 Å². The summed E-state index contributed by atoms with van der Waals surface area (Å²) in [6, 6.07) is 4.74. The quantitative estimate of drug-likeness (QED) is 0.851. The monoisotopic (exact) mass is 305 g/mol. The third-order valence-electron chi connectivity index (χ3n) is 4.06. The number of benzene rings is 1. The van der Waals surface area contributed by atoms with Gasteiger partial charge in [0.05, 0.1) is 22.7 Å². The van der Waals surface area contributed by atoms with E-state index in [2.05, 4.69) is 30.7 Å². The third kappa shape index (κ3) is 3.09. The second-order valence-corrected chi connectivity index (χ2v) is 7.02. The van der Waals surface area contributed by atoms with Crippen LogP contribution in [0.1, 0.15) is 33.6 Å². The van der Waals surface area contributed by atoms with Crippen LogP contribution >= 0.6 is 0 Å². The standard InChI is InChI=1S/C17H24FN3O/c1-17(2,3)22-13-7-9-21(10-8-13)16-19-14-6-5-12(18)11-15(14)20(16)4/h5-6,11,13H,7-10H2,1-4H3. The summed E-state index contributed by atoms with van der Waals surface area (Å²) in [4.78, 5) is 6.92. The van der Waals surface area contributed by atoms with Crippen molar-refractivity contribution < 1.29 is 9.13 Å². The predicted molar refractivity (Wildman–Crippen MR) is 86.7 cm³/mol. The Balaban J connectivity index is 1.75. The number of fused-ring (bicyclic) bond motifs is 1. The molecule has 1 fully saturated rings. The van der Waals surface area contributed by atoms with Gasteiger partial charge in [-0.1, -0.05) is 0 Å². The number of aryl methyl sites for hydroxylation is 1. The van der Waals surface area contributed by atoms with E-state index in [1.165, 1.54) is 6.07 Å². The molecule has 2 heterocycles. The van der Waals surface area contributed by atoms with Crippen LogP contribution in [-0.2, 0) is 11.8 Å². The average Bonchev–Trinajstić information content (AvgIpc) is 2.75. The lowest BCUT2D eigenvalue weighted by Crippen LogP contribution is -2.40. The van der Waals surface area contributed by atoms with Gasteiger partial charge in [-0.2, -0.15) is 0 Å². The minimum absolute atomic E-state index is 0.0950. The highest BCUT2D eigenvalue weighted by atomic mass is 19.1. The zero-order chi connectivity index (χ0) is 15.9. The molecule has 120 valence electrons. The molecule has 22 heavy (non-hydrogen) atoms. The Bertz CT molecular complexity index is 666. The Morgan fingerprint density at radius 3 is 2.55 bits per heavy atom. The van der Waals surface area contributed by atoms with Gasteiger partial charge in [-0.05, 0) is 51.8 Å². The van der Waals surface area contributed by atoms with Crippen molar-refractivity contribution in [1.29, 1.82) is 0 Å². The van der Waals surface area contributed by atoms with Crippen molar-refractivity contribution in [3.05, 3.63) is 24.0 Å². The maximum atomic E-state index is 13.4. The van der Waals surface area contributed by atoms with E-state index < -0.39 is 0 Å². The molecule has 1 aliphatic rings. The van der Waals surface area contributed by atoms with E-state index in [0.29, 0.717) is 6.10 Å². The minimum atomic E-state index is -0.223. The number of halogens is 1. The van der Waals surface area contributed by atoms with Crippen LogP contribution in [0.5, 0.6) is 0 Å². The highest BCUT2D eigenvalue weighted by Crippen LogP contribution is 2.26. The van der Waals surface area contributed by atoms with Gasteiger partial charge < -0.3 is 14.2 Å². The molecule has 4 nitrogen and oxygen atoms in total. The van der Waals surface area contributed by atoms with Gasteiger partial charge in [0.2, 0.25) is 5.95 Å². The molecule has 0 N–H and O–H groups in total. The van der Waals surface area contributed by atoms with E-state index in [-0.39, 0.29) is 11.4 Å². The summed E-state index contributed by atoms with van der Waals surface area (Å²) in [5.74, 6) is 0.689. The van der Waals surface area contributed by atoms with Crippen molar-refractivity contribution >= 4 is 17.0 Å². The fourth-order valence-electron chi connectivity index (χ4n) is 3.11. The van der Waals surface area contributed by atoms with Gasteiger partial charge in [-0.3, -0.25) is 0 Å². The van der Waals surface area contributed by atoms with Crippen LogP contribution in [0, 0.1) is 5.82 Å². The lowest BCUT2D eigenvalue weighted by molar-refractivity contribution is -0.0684. The fraction of sp³-hybridized carbons (Fsp3) is 0.588. The van der Waals surface area contributed by atoms with E-state index in [9.17, 15) is 4.39 Å². The summed E-state index contributed by atoms with van der Waals surface area (Å²) < 4.78 is 21.4. The number of piperidine rings is 1. The van der Waals surface area contributed by atoms with Crippen molar-refractivity contribution in [1.82, 2.24) is 9.55 Å². The van der Waals surface area contributed by atoms with Gasteiger partial charge in [0, 0.05) is 20.1 Å². The Labute approximate surface area is 130 Å². The van der Waals surface area contributed by atoms with E-state index in [4.69, 9.17) is 4.74 Å². The molecule has 0 amide bonds. The molecule has 1 saturated heterocycles. The normalized spacial score (nSPS) is 17.4. The summed E-state index contributed by atoms with van der Waals surface area (Å²) in [6.45, 7) is 8.12. The molecular weight excluding hydrogens is 281 g/mol. The van der Waals surface area contributed by atoms with Crippen molar-refractivity contribution in [3.8, 4) is 0 Å². The second-order valence-electron chi connectivity index (χ2n) is 7.02. The molecule has 0 spiro atoms. The Kier molecular flexibility index (Phi) is 3.85. The number of rotatable bonds is 2. The molecule has 0 unspecified atom stereocenters. The average molecular weight is 305 g/mol. The molecule has 0 aliphatic carbocycles. The summed E-state index contributed by atoms with van der Waals surface area (Å²) in [6.07, 6.45) is 2.30. The van der Waals surface area contributed by atoms with Gasteiger partial charge in [0.25, 0.3) is 0 Å². The van der Waals surface area contributed by atoms with Gasteiger partial charge in [-0.15, -0.1) is 0 Å². The maximum Gasteiger partial charge on any atom is 0.206 e. The summed E-state index contributed by atoms with van der Waals surface area (Å²) >= 11 is 0. The fourth-order valence-corrected chi connectivity index (χ4v) is 3.11. The smallest absolute Gasteiger partial charge is 0.206 e. The number of imidazole rings is 1. The lowest BCUT2D eigenvalue weighted by atomic mass is 10.1. The molecule has 3 rings (SSSR count). The molecule has 0 bridgehead atoms. The zero-order valence-corrected chi connectivity index (χ0v) is 13.8. The molecule has 1 aromatic carbocycles. The minimum Gasteiger partial charge on any atom is -0.372 e. The number of ether oxygens (including phenoxy) is 1. The van der Waals surface area contributed by atoms with Gasteiger partial charge >= 0.3 is 0 Å². The van der Waals surface area contributed by atoms with Crippen LogP contribution < -0.4 is 4.90 Å². The lowest BCUT2D eigenvalue weighted by Gasteiger charge is -2.35. The first-order valence-corrected chi connectivity index (χ1v) is 7.88. The van der Waals surface area contributed by atoms with Gasteiger partial charge in [0.1, 0.15) is 5.82 Å². The molecule has 2 aromatic rings. The highest BCUT2D eigenvalue weighted by Gasteiger charge is 2.26. The molecule has 1 aliphatic heterocycles. The Morgan fingerprint density at radius 1 is 1.23 bits per heavy atom. The van der Waals surface area contributed by atoms with Crippen molar-refractivity contribution in [2.45, 2.75) is 45.3 Å². The molecular formula is C17H24FN3O. The summed E-state index contributed by atoms with van der Waals surface area (Å²) in [5.41, 5.74) is 1.58. The number of nitrogens with zero attached hydrogens (tertiary/aromatic N) is 3. The summed E-state index contributed by atoms with van der Waals surface area (Å²) in [7, 11) is 1.95. The van der Waals surface area contributed by atoms with E-state index in [0.717, 1.165) is 42.9 Å². The van der Waals surface area contributed by atoms with E-state index in [1.54, 1.807) is 12.1 Å². The van der Waals surface area contributed by atoms with Gasteiger partial charge in [0.15, 0.2) is 0 Å². The van der Waals surface area contributed by atoms with Crippen LogP contribution in [-0.4, -0.2) is 34.3 Å². The Hall–Kier alpha value is -1.62. The van der Waals surface area contributed by atoms with E-state index in [1.807, 2.05) is 11.6 Å². The van der Waals surface area contributed by atoms with Crippen LogP contribution in [0.3, 0.4) is 0 Å². The maximum absolute atomic E-state index is 13.4. The predicted octanol–water partition coefficient (Wildman–Crippen LogP) is 3.50. The largest absolute Gasteiger partial charge is 0.372 e. The number of hydrogen-bond acceptors (Lipinski definition) is 3. The molecule has 0 radical (unpaired) electrons. The molecule has 5 heteroatoms. The SMILES string of the molecule is Cn1c(N2CCC(OC(C)(C)C)CC2)nc2ccc(F)cc21. The van der Waals surface area contributed by atoms with Crippen LogP contribution in [0.2, 0.25) is 0 Å². The van der Waals surface area contributed by atoms with E-state index >= 15 is 0 Å². The first-order chi connectivity index (χ1) is 10.3. The number of aromatic nitrogens is 2. The summed E-state index contributed by atoms with van der Waals surface area (Å²) in [5, 5.41) is 0. The molecule has 1 aromatic heterocycles. The van der Waals surface area contributed by atoms with Crippen LogP contribution in [0.15, 0.2) is 18.2 Å². The third-order valence-corrected chi connectivity index (χ3v) is 4.06. The number of hydrogen-bond donors (Lipinski definition) is 0. The second kappa shape index (κ2) is 5.54. The first kappa shape index (κ1) is 15.3. The zero-order valence-electron chi connectivity index (χ0n) is 13.8. The van der Waals surface area contributed by atoms with Crippen molar-refractivity contribution in [2.24, 2.45) is 7.05 Å². The molecule has 0 atom stereocenters. The van der Waals surface area contributed by atoms with Crippen molar-refractivity contribution in [3.63, 3.8) is 0 Å². The van der Waals surface area contributed by atoms with Crippen molar-refractivity contribution in [2.75, 3.05) is 18.0 Å². The first-order valence-electron chi connectivity index (χ1n) is 7.88. The van der Waals surface area contributed by atoms with Crippen LogP contribution in [0.4, 0.5) is 10.3 Å².